The molecule has 0 radical (unpaired) electrons. The molecular formula is C17H21FN6O2. The summed E-state index contributed by atoms with van der Waals surface area (Å²) in [6.45, 7) is 1.88. The smallest absolute Gasteiger partial charge is 0.351 e. The molecule has 9 heteroatoms. The predicted octanol–water partition coefficient (Wildman–Crippen LogP) is 2.80. The largest absolute Gasteiger partial charge is 0.353 e. The van der Waals surface area contributed by atoms with Gasteiger partial charge in [0.1, 0.15) is 12.1 Å². The molecule has 0 amide bonds. The Morgan fingerprint density at radius 2 is 1.92 bits per heavy atom. The molecule has 1 saturated heterocycles. The number of aromatic nitrogens is 2. The van der Waals surface area contributed by atoms with E-state index in [1.54, 1.807) is 0 Å². The topological polar surface area (TPSA) is 87.4 Å². The summed E-state index contributed by atoms with van der Waals surface area (Å²) in [4.78, 5) is 23.5. The molecule has 2 heterocycles. The van der Waals surface area contributed by atoms with Gasteiger partial charge in [-0.25, -0.2) is 14.4 Å². The van der Waals surface area contributed by atoms with Crippen molar-refractivity contribution >= 4 is 23.0 Å². The summed E-state index contributed by atoms with van der Waals surface area (Å²) in [6, 6.07) is 5.74. The highest BCUT2D eigenvalue weighted by molar-refractivity contribution is 5.74. The van der Waals surface area contributed by atoms with Crippen molar-refractivity contribution in [2.75, 3.05) is 37.4 Å². The molecule has 1 aliphatic heterocycles. The maximum Gasteiger partial charge on any atom is 0.353 e. The normalized spacial score (nSPS) is 15.7. The van der Waals surface area contributed by atoms with Crippen LogP contribution in [-0.4, -0.2) is 53.0 Å². The van der Waals surface area contributed by atoms with Crippen molar-refractivity contribution in [2.24, 2.45) is 0 Å². The van der Waals surface area contributed by atoms with Crippen LogP contribution >= 0.6 is 0 Å². The SMILES string of the molecule is CN1CCC(N(C)c2ncnc(Nc3ccc(F)cc3)c2[N+](=O)[O-])CC1. The van der Waals surface area contributed by atoms with Gasteiger partial charge in [-0.05, 0) is 57.2 Å². The van der Waals surface area contributed by atoms with Crippen LogP contribution in [0.5, 0.6) is 0 Å². The van der Waals surface area contributed by atoms with Gasteiger partial charge in [-0.1, -0.05) is 0 Å². The summed E-state index contributed by atoms with van der Waals surface area (Å²) in [6.07, 6.45) is 3.13. The van der Waals surface area contributed by atoms with E-state index in [4.69, 9.17) is 0 Å². The zero-order valence-corrected chi connectivity index (χ0v) is 14.7. The van der Waals surface area contributed by atoms with E-state index in [0.717, 1.165) is 25.9 Å². The molecule has 1 aliphatic rings. The highest BCUT2D eigenvalue weighted by atomic mass is 19.1. The van der Waals surface area contributed by atoms with Gasteiger partial charge in [0.2, 0.25) is 11.6 Å². The lowest BCUT2D eigenvalue weighted by Crippen LogP contribution is -2.42. The Balaban J connectivity index is 1.90. The molecule has 138 valence electrons. The van der Waals surface area contributed by atoms with E-state index >= 15 is 0 Å². The fourth-order valence-corrected chi connectivity index (χ4v) is 3.11. The van der Waals surface area contributed by atoms with Gasteiger partial charge >= 0.3 is 5.69 Å². The van der Waals surface area contributed by atoms with E-state index in [1.165, 1.54) is 30.6 Å². The van der Waals surface area contributed by atoms with Gasteiger partial charge in [0, 0.05) is 18.8 Å². The Bertz CT molecular complexity index is 777. The number of hydrogen-bond acceptors (Lipinski definition) is 7. The van der Waals surface area contributed by atoms with Crippen LogP contribution in [0.3, 0.4) is 0 Å². The number of halogens is 1. The van der Waals surface area contributed by atoms with Crippen LogP contribution in [0, 0.1) is 15.9 Å². The van der Waals surface area contributed by atoms with E-state index in [1.807, 2.05) is 11.9 Å². The lowest BCUT2D eigenvalue weighted by molar-refractivity contribution is -0.383. The molecule has 26 heavy (non-hydrogen) atoms. The zero-order chi connectivity index (χ0) is 18.7. The molecular weight excluding hydrogens is 339 g/mol. The van der Waals surface area contributed by atoms with Crippen LogP contribution in [0.1, 0.15) is 12.8 Å². The molecule has 1 aromatic carbocycles. The van der Waals surface area contributed by atoms with E-state index in [9.17, 15) is 14.5 Å². The molecule has 0 unspecified atom stereocenters. The van der Waals surface area contributed by atoms with E-state index < -0.39 is 4.92 Å². The number of piperidine rings is 1. The minimum Gasteiger partial charge on any atom is -0.351 e. The third-order valence-electron chi connectivity index (χ3n) is 4.66. The fraction of sp³-hybridized carbons (Fsp3) is 0.412. The molecule has 0 spiro atoms. The third-order valence-corrected chi connectivity index (χ3v) is 4.66. The number of likely N-dealkylation sites (tertiary alicyclic amines) is 1. The van der Waals surface area contributed by atoms with Gasteiger partial charge in [-0.3, -0.25) is 10.1 Å². The maximum atomic E-state index is 13.1. The predicted molar refractivity (Wildman–Crippen MR) is 97.3 cm³/mol. The van der Waals surface area contributed by atoms with Crippen LogP contribution in [-0.2, 0) is 0 Å². The van der Waals surface area contributed by atoms with Gasteiger partial charge < -0.3 is 15.1 Å². The van der Waals surface area contributed by atoms with Crippen molar-refractivity contribution in [3.8, 4) is 0 Å². The first kappa shape index (κ1) is 18.0. The first-order valence-corrected chi connectivity index (χ1v) is 8.39. The first-order valence-electron chi connectivity index (χ1n) is 8.39. The van der Waals surface area contributed by atoms with Crippen molar-refractivity contribution in [3.63, 3.8) is 0 Å². The van der Waals surface area contributed by atoms with Crippen LogP contribution in [0.25, 0.3) is 0 Å². The molecule has 0 atom stereocenters. The highest BCUT2D eigenvalue weighted by Crippen LogP contribution is 2.35. The molecule has 3 rings (SSSR count). The lowest BCUT2D eigenvalue weighted by Gasteiger charge is -2.35. The Labute approximate surface area is 150 Å². The number of benzene rings is 1. The van der Waals surface area contributed by atoms with Crippen LogP contribution < -0.4 is 10.2 Å². The van der Waals surface area contributed by atoms with E-state index in [-0.39, 0.29) is 29.2 Å². The Morgan fingerprint density at radius 3 is 2.54 bits per heavy atom. The Hall–Kier alpha value is -2.81. The molecule has 1 aromatic heterocycles. The monoisotopic (exact) mass is 360 g/mol. The van der Waals surface area contributed by atoms with Gasteiger partial charge in [0.05, 0.1) is 4.92 Å². The number of rotatable bonds is 5. The summed E-state index contributed by atoms with van der Waals surface area (Å²) in [5.74, 6) is -0.00836. The summed E-state index contributed by atoms with van der Waals surface area (Å²) in [7, 11) is 3.89. The Kier molecular flexibility index (Phi) is 5.27. The summed E-state index contributed by atoms with van der Waals surface area (Å²) >= 11 is 0. The highest BCUT2D eigenvalue weighted by Gasteiger charge is 2.30. The van der Waals surface area contributed by atoms with Crippen molar-refractivity contribution < 1.29 is 9.31 Å². The molecule has 1 N–H and O–H groups in total. The van der Waals surface area contributed by atoms with Gasteiger partial charge in [0.25, 0.3) is 0 Å². The molecule has 8 nitrogen and oxygen atoms in total. The molecule has 0 saturated carbocycles. The number of nitro groups is 1. The summed E-state index contributed by atoms with van der Waals surface area (Å²) in [5, 5.41) is 14.6. The van der Waals surface area contributed by atoms with Crippen molar-refractivity contribution in [2.45, 2.75) is 18.9 Å². The average molecular weight is 360 g/mol. The molecule has 1 fully saturated rings. The van der Waals surface area contributed by atoms with Crippen molar-refractivity contribution in [1.29, 1.82) is 0 Å². The number of nitrogens with zero attached hydrogens (tertiary/aromatic N) is 5. The second kappa shape index (κ2) is 7.61. The minimum absolute atomic E-state index is 0.0892. The van der Waals surface area contributed by atoms with Crippen LogP contribution in [0.4, 0.5) is 27.4 Å². The average Bonchev–Trinajstić information content (AvgIpc) is 2.63. The molecule has 2 aromatic rings. The molecule has 0 aliphatic carbocycles. The second-order valence-electron chi connectivity index (χ2n) is 6.43. The number of anilines is 3. The van der Waals surface area contributed by atoms with Crippen molar-refractivity contribution in [1.82, 2.24) is 14.9 Å². The summed E-state index contributed by atoms with van der Waals surface area (Å²) < 4.78 is 13.1. The fourth-order valence-electron chi connectivity index (χ4n) is 3.11. The van der Waals surface area contributed by atoms with Crippen LogP contribution in [0.15, 0.2) is 30.6 Å². The molecule has 0 bridgehead atoms. The lowest BCUT2D eigenvalue weighted by atomic mass is 10.0. The third kappa shape index (κ3) is 3.88. The second-order valence-corrected chi connectivity index (χ2v) is 6.43. The zero-order valence-electron chi connectivity index (χ0n) is 14.7. The van der Waals surface area contributed by atoms with Gasteiger partial charge in [-0.2, -0.15) is 0 Å². The van der Waals surface area contributed by atoms with E-state index in [0.29, 0.717) is 5.69 Å². The van der Waals surface area contributed by atoms with E-state index in [2.05, 4.69) is 27.2 Å². The minimum atomic E-state index is -0.480. The maximum absolute atomic E-state index is 13.1. The summed E-state index contributed by atoms with van der Waals surface area (Å²) in [5.41, 5.74) is 0.333. The number of nitrogens with one attached hydrogen (secondary N) is 1. The van der Waals surface area contributed by atoms with Gasteiger partial charge in [-0.15, -0.1) is 0 Å². The van der Waals surface area contributed by atoms with Gasteiger partial charge in [0.15, 0.2) is 0 Å². The quantitative estimate of drug-likeness (QED) is 0.648. The standard InChI is InChI=1S/C17H21FN6O2/c1-22-9-7-14(8-10-22)23(2)17-15(24(25)26)16(19-11-20-17)21-13-5-3-12(18)4-6-13/h3-6,11,14H,7-10H2,1-2H3,(H,19,20,21). The Morgan fingerprint density at radius 1 is 1.27 bits per heavy atom. The van der Waals surface area contributed by atoms with Crippen molar-refractivity contribution in [3.05, 3.63) is 46.5 Å². The first-order chi connectivity index (χ1) is 12.5. The van der Waals surface area contributed by atoms with Crippen LogP contribution in [0.2, 0.25) is 0 Å². The number of hydrogen-bond donors (Lipinski definition) is 1.